The van der Waals surface area contributed by atoms with Crippen LogP contribution in [0, 0.1) is 0 Å². The molecule has 0 unspecified atom stereocenters. The minimum Gasteiger partial charge on any atom is -0.318 e. The number of para-hydroxylation sites is 1. The molecule has 3 aromatic carbocycles. The molecule has 1 aliphatic heterocycles. The Kier molecular flexibility index (Phi) is 2.95. The zero-order valence-corrected chi connectivity index (χ0v) is 13.2. The molecule has 0 saturated heterocycles. The summed E-state index contributed by atoms with van der Waals surface area (Å²) >= 11 is 0. The van der Waals surface area contributed by atoms with Crippen molar-refractivity contribution in [2.24, 2.45) is 0 Å². The minimum atomic E-state index is -2.85. The van der Waals surface area contributed by atoms with Crippen molar-refractivity contribution < 1.29 is 4.57 Å². The van der Waals surface area contributed by atoms with E-state index >= 15 is 0 Å². The highest BCUT2D eigenvalue weighted by Gasteiger charge is 2.39. The lowest BCUT2D eigenvalue weighted by atomic mass is 10.0. The van der Waals surface area contributed by atoms with E-state index in [0.717, 1.165) is 27.4 Å². The van der Waals surface area contributed by atoms with Crippen LogP contribution >= 0.6 is 7.29 Å². The van der Waals surface area contributed by atoms with Gasteiger partial charge in [-0.3, -0.25) is 4.57 Å². The van der Waals surface area contributed by atoms with E-state index in [1.165, 1.54) is 0 Å². The van der Waals surface area contributed by atoms with Gasteiger partial charge in [0.15, 0.2) is 0 Å². The molecule has 4 rings (SSSR count). The van der Waals surface area contributed by atoms with Crippen LogP contribution in [0.25, 0.3) is 11.1 Å². The number of rotatable bonds is 1. The Balaban J connectivity index is 2.09. The summed E-state index contributed by atoms with van der Waals surface area (Å²) in [5.74, 6) is 0. The Morgan fingerprint density at radius 2 is 1.32 bits per heavy atom. The largest absolute Gasteiger partial charge is 0.318 e. The molecule has 0 N–H and O–H groups in total. The third-order valence-electron chi connectivity index (χ3n) is 4.30. The van der Waals surface area contributed by atoms with Crippen molar-refractivity contribution in [2.75, 3.05) is 11.7 Å². The number of benzene rings is 3. The first-order chi connectivity index (χ1) is 10.7. The summed E-state index contributed by atoms with van der Waals surface area (Å²) < 4.78 is 16.0. The maximum absolute atomic E-state index is 14.1. The molecule has 22 heavy (non-hydrogen) atoms. The molecule has 3 aromatic rings. The highest BCUT2D eigenvalue weighted by atomic mass is 31.2. The van der Waals surface area contributed by atoms with Crippen molar-refractivity contribution in [1.82, 2.24) is 0 Å². The molecule has 1 atom stereocenters. The normalized spacial score (nSPS) is 19.4. The summed E-state index contributed by atoms with van der Waals surface area (Å²) in [6.45, 7) is 0. The monoisotopic (exact) mass is 305 g/mol. The van der Waals surface area contributed by atoms with E-state index in [0.29, 0.717) is 0 Å². The Bertz CT molecular complexity index is 889. The summed E-state index contributed by atoms with van der Waals surface area (Å²) in [6, 6.07) is 26.0. The Morgan fingerprint density at radius 3 is 2.09 bits per heavy atom. The van der Waals surface area contributed by atoms with Crippen molar-refractivity contribution in [3.8, 4) is 11.1 Å². The number of hydrogen-bond acceptors (Lipinski definition) is 1. The second kappa shape index (κ2) is 4.86. The first-order valence-electron chi connectivity index (χ1n) is 7.32. The number of anilines is 1. The highest BCUT2D eigenvalue weighted by molar-refractivity contribution is 7.80. The van der Waals surface area contributed by atoms with Crippen molar-refractivity contribution >= 4 is 23.6 Å². The lowest BCUT2D eigenvalue weighted by Gasteiger charge is -2.37. The van der Waals surface area contributed by atoms with Gasteiger partial charge >= 0.3 is 0 Å². The molecule has 0 saturated carbocycles. The standard InChI is InChI=1S/C19H16NOP/c1-20-18-13-7-5-11-16(18)17-12-6-8-14-19(17)22(20,21)15-9-3-2-4-10-15/h2-14H,1H3/t22-/m1/s1. The van der Waals surface area contributed by atoms with E-state index in [-0.39, 0.29) is 0 Å². The van der Waals surface area contributed by atoms with Crippen molar-refractivity contribution in [2.45, 2.75) is 0 Å². The fraction of sp³-hybridized carbons (Fsp3) is 0.0526. The summed E-state index contributed by atoms with van der Waals surface area (Å²) in [5.41, 5.74) is 3.24. The lowest BCUT2D eigenvalue weighted by molar-refractivity contribution is 0.586. The van der Waals surface area contributed by atoms with Gasteiger partial charge in [-0.1, -0.05) is 54.6 Å². The Morgan fingerprint density at radius 1 is 0.727 bits per heavy atom. The number of fused-ring (bicyclic) bond motifs is 3. The SMILES string of the molecule is CN1c2ccccc2-c2ccccc2[P@]1(=O)c1ccccc1. The molecular formula is C19H16NOP. The van der Waals surface area contributed by atoms with Gasteiger partial charge in [0.2, 0.25) is 7.29 Å². The maximum Gasteiger partial charge on any atom is 0.230 e. The fourth-order valence-corrected chi connectivity index (χ4v) is 6.02. The van der Waals surface area contributed by atoms with E-state index in [1.54, 1.807) is 0 Å². The van der Waals surface area contributed by atoms with Gasteiger partial charge in [-0.25, -0.2) is 0 Å². The van der Waals surface area contributed by atoms with E-state index in [2.05, 4.69) is 12.1 Å². The van der Waals surface area contributed by atoms with Crippen LogP contribution in [-0.4, -0.2) is 7.05 Å². The van der Waals surface area contributed by atoms with Gasteiger partial charge in [0.25, 0.3) is 0 Å². The van der Waals surface area contributed by atoms with Gasteiger partial charge in [0.1, 0.15) is 0 Å². The van der Waals surface area contributed by atoms with Crippen molar-refractivity contribution in [3.05, 3.63) is 78.9 Å². The second-order valence-corrected chi connectivity index (χ2v) is 8.22. The molecule has 0 fully saturated rings. The van der Waals surface area contributed by atoms with E-state index in [4.69, 9.17) is 0 Å². The molecule has 0 aromatic heterocycles. The molecular weight excluding hydrogens is 289 g/mol. The van der Waals surface area contributed by atoms with E-state index < -0.39 is 7.29 Å². The van der Waals surface area contributed by atoms with Crippen LogP contribution < -0.4 is 15.3 Å². The molecule has 108 valence electrons. The van der Waals surface area contributed by atoms with E-state index in [1.807, 2.05) is 78.4 Å². The lowest BCUT2D eigenvalue weighted by Crippen LogP contribution is -2.33. The van der Waals surface area contributed by atoms with Crippen LogP contribution in [0.2, 0.25) is 0 Å². The predicted octanol–water partition coefficient (Wildman–Crippen LogP) is 4.03. The fourth-order valence-electron chi connectivity index (χ4n) is 3.20. The predicted molar refractivity (Wildman–Crippen MR) is 93.6 cm³/mol. The van der Waals surface area contributed by atoms with Gasteiger partial charge < -0.3 is 4.67 Å². The molecule has 1 heterocycles. The summed E-state index contributed by atoms with van der Waals surface area (Å²) in [5, 5.41) is 1.79. The van der Waals surface area contributed by atoms with Crippen LogP contribution in [0.3, 0.4) is 0 Å². The third kappa shape index (κ3) is 1.71. The highest BCUT2D eigenvalue weighted by Crippen LogP contribution is 2.56. The second-order valence-electron chi connectivity index (χ2n) is 5.47. The smallest absolute Gasteiger partial charge is 0.230 e. The summed E-state index contributed by atoms with van der Waals surface area (Å²) in [7, 11) is -0.913. The zero-order valence-electron chi connectivity index (χ0n) is 12.3. The first-order valence-corrected chi connectivity index (χ1v) is 8.98. The Labute approximate surface area is 130 Å². The van der Waals surface area contributed by atoms with Gasteiger partial charge in [-0.15, -0.1) is 0 Å². The van der Waals surface area contributed by atoms with Crippen LogP contribution in [-0.2, 0) is 4.57 Å². The topological polar surface area (TPSA) is 20.3 Å². The van der Waals surface area contributed by atoms with Gasteiger partial charge in [-0.05, 0) is 29.8 Å². The minimum absolute atomic E-state index is 0.874. The third-order valence-corrected chi connectivity index (χ3v) is 7.40. The molecule has 2 nitrogen and oxygen atoms in total. The Hall–Kier alpha value is -2.31. The molecule has 0 amide bonds. The van der Waals surface area contributed by atoms with Gasteiger partial charge in [0, 0.05) is 23.2 Å². The van der Waals surface area contributed by atoms with Gasteiger partial charge in [0.05, 0.1) is 5.69 Å². The molecule has 0 aliphatic carbocycles. The summed E-state index contributed by atoms with van der Waals surface area (Å²) in [6.07, 6.45) is 0. The van der Waals surface area contributed by atoms with Gasteiger partial charge in [-0.2, -0.15) is 0 Å². The zero-order chi connectivity index (χ0) is 15.2. The number of nitrogens with zero attached hydrogens (tertiary/aromatic N) is 1. The summed E-state index contributed by atoms with van der Waals surface area (Å²) in [4.78, 5) is 0. The quantitative estimate of drug-likeness (QED) is 0.633. The first kappa shape index (κ1) is 13.4. The molecule has 0 spiro atoms. The van der Waals surface area contributed by atoms with Crippen LogP contribution in [0.4, 0.5) is 5.69 Å². The molecule has 0 bridgehead atoms. The van der Waals surface area contributed by atoms with Crippen molar-refractivity contribution in [1.29, 1.82) is 0 Å². The maximum atomic E-state index is 14.1. The van der Waals surface area contributed by atoms with E-state index in [9.17, 15) is 4.57 Å². The molecule has 1 aliphatic rings. The number of hydrogen-bond donors (Lipinski definition) is 0. The average Bonchev–Trinajstić information content (AvgIpc) is 2.60. The van der Waals surface area contributed by atoms with Crippen molar-refractivity contribution in [3.63, 3.8) is 0 Å². The van der Waals surface area contributed by atoms with Crippen LogP contribution in [0.5, 0.6) is 0 Å². The van der Waals surface area contributed by atoms with Crippen LogP contribution in [0.15, 0.2) is 78.9 Å². The van der Waals surface area contributed by atoms with Crippen LogP contribution in [0.1, 0.15) is 0 Å². The molecule has 0 radical (unpaired) electrons. The average molecular weight is 305 g/mol. The molecule has 3 heteroatoms.